The highest BCUT2D eigenvalue weighted by Crippen LogP contribution is 2.41. The normalized spacial score (nSPS) is 25.8. The van der Waals surface area contributed by atoms with Crippen LogP contribution in [0, 0.1) is 11.3 Å². The van der Waals surface area contributed by atoms with Gasteiger partial charge in [0.25, 0.3) is 5.91 Å². The van der Waals surface area contributed by atoms with Gasteiger partial charge in [-0.05, 0) is 37.5 Å². The predicted molar refractivity (Wildman–Crippen MR) is 88.7 cm³/mol. The monoisotopic (exact) mass is 347 g/mol. The number of hydrogen-bond acceptors (Lipinski definition) is 5. The maximum atomic E-state index is 12.5. The molecule has 2 aliphatic heterocycles. The zero-order valence-corrected chi connectivity index (χ0v) is 14.6. The van der Waals surface area contributed by atoms with Crippen LogP contribution in [-0.2, 0) is 16.6 Å². The smallest absolute Gasteiger partial charge is 0.293 e. The number of piperidine rings is 1. The highest BCUT2D eigenvalue weighted by molar-refractivity contribution is 5.90. The van der Waals surface area contributed by atoms with Crippen LogP contribution in [0.3, 0.4) is 0 Å². The van der Waals surface area contributed by atoms with Crippen molar-refractivity contribution in [3.63, 3.8) is 0 Å². The van der Waals surface area contributed by atoms with E-state index in [2.05, 4.69) is 15.4 Å². The molecule has 136 valence electrons. The van der Waals surface area contributed by atoms with Gasteiger partial charge in [-0.25, -0.2) is 4.98 Å². The second kappa shape index (κ2) is 6.40. The lowest BCUT2D eigenvalue weighted by atomic mass is 9.69. The highest BCUT2D eigenvalue weighted by atomic mass is 16.5. The summed E-state index contributed by atoms with van der Waals surface area (Å²) in [5, 5.41) is 7.33. The van der Waals surface area contributed by atoms with Gasteiger partial charge in [-0.3, -0.25) is 14.3 Å². The van der Waals surface area contributed by atoms with E-state index < -0.39 is 0 Å². The summed E-state index contributed by atoms with van der Waals surface area (Å²) >= 11 is 0. The van der Waals surface area contributed by atoms with Gasteiger partial charge in [-0.15, -0.1) is 5.10 Å². The Morgan fingerprint density at radius 2 is 2.04 bits per heavy atom. The molecule has 1 atom stereocenters. The first-order chi connectivity index (χ1) is 12.1. The SMILES string of the molecule is Cn1cnc(C(=O)N2CCC3(CCOC[C@H]3NC(=O)C3CC3)CC2)n1. The van der Waals surface area contributed by atoms with Crippen molar-refractivity contribution in [3.8, 4) is 0 Å². The van der Waals surface area contributed by atoms with E-state index in [-0.39, 0.29) is 35.0 Å². The number of amides is 2. The number of aryl methyl sites for hydroxylation is 1. The zero-order chi connectivity index (χ0) is 17.4. The third kappa shape index (κ3) is 3.27. The molecule has 3 aliphatic rings. The molecule has 1 saturated carbocycles. The Bertz CT molecular complexity index is 661. The van der Waals surface area contributed by atoms with Crippen molar-refractivity contribution in [3.05, 3.63) is 12.2 Å². The summed E-state index contributed by atoms with van der Waals surface area (Å²) < 4.78 is 7.18. The van der Waals surface area contributed by atoms with Gasteiger partial charge in [-0.2, -0.15) is 0 Å². The molecule has 3 heterocycles. The molecule has 1 aromatic heterocycles. The molecule has 1 spiro atoms. The Morgan fingerprint density at radius 3 is 2.68 bits per heavy atom. The van der Waals surface area contributed by atoms with Gasteiger partial charge in [0.2, 0.25) is 11.7 Å². The summed E-state index contributed by atoms with van der Waals surface area (Å²) in [6, 6.07) is 0.0552. The molecule has 0 radical (unpaired) electrons. The topological polar surface area (TPSA) is 89.4 Å². The van der Waals surface area contributed by atoms with Crippen molar-refractivity contribution in [2.75, 3.05) is 26.3 Å². The molecule has 25 heavy (non-hydrogen) atoms. The first-order valence-corrected chi connectivity index (χ1v) is 9.10. The molecule has 0 unspecified atom stereocenters. The Labute approximate surface area is 146 Å². The molecule has 8 heteroatoms. The van der Waals surface area contributed by atoms with Crippen molar-refractivity contribution >= 4 is 11.8 Å². The maximum absolute atomic E-state index is 12.5. The van der Waals surface area contributed by atoms with Gasteiger partial charge in [0.1, 0.15) is 6.33 Å². The number of rotatable bonds is 3. The molecule has 0 bridgehead atoms. The van der Waals surface area contributed by atoms with Crippen LogP contribution in [0.15, 0.2) is 6.33 Å². The van der Waals surface area contributed by atoms with Gasteiger partial charge >= 0.3 is 0 Å². The fourth-order valence-electron chi connectivity index (χ4n) is 3.99. The van der Waals surface area contributed by atoms with Crippen molar-refractivity contribution in [2.45, 2.75) is 38.1 Å². The Kier molecular flexibility index (Phi) is 4.23. The number of carbonyl (C=O) groups is 2. The van der Waals surface area contributed by atoms with Crippen molar-refractivity contribution < 1.29 is 14.3 Å². The quantitative estimate of drug-likeness (QED) is 0.852. The summed E-state index contributed by atoms with van der Waals surface area (Å²) in [6.45, 7) is 2.65. The van der Waals surface area contributed by atoms with Crippen molar-refractivity contribution in [2.24, 2.45) is 18.4 Å². The lowest BCUT2D eigenvalue weighted by molar-refractivity contribution is -0.127. The molecular weight excluding hydrogens is 322 g/mol. The average Bonchev–Trinajstić information content (AvgIpc) is 3.39. The van der Waals surface area contributed by atoms with Crippen LogP contribution in [0.2, 0.25) is 0 Å². The average molecular weight is 347 g/mol. The minimum Gasteiger partial charge on any atom is -0.379 e. The van der Waals surface area contributed by atoms with Gasteiger partial charge in [-0.1, -0.05) is 0 Å². The molecule has 2 saturated heterocycles. The molecule has 3 fully saturated rings. The fraction of sp³-hybridized carbons (Fsp3) is 0.765. The van der Waals surface area contributed by atoms with E-state index >= 15 is 0 Å². The number of likely N-dealkylation sites (tertiary alicyclic amines) is 1. The summed E-state index contributed by atoms with van der Waals surface area (Å²) in [5.41, 5.74) is 0.0388. The summed E-state index contributed by atoms with van der Waals surface area (Å²) in [5.74, 6) is 0.520. The molecular formula is C17H25N5O3. The molecule has 8 nitrogen and oxygen atoms in total. The lowest BCUT2D eigenvalue weighted by Crippen LogP contribution is -2.58. The highest BCUT2D eigenvalue weighted by Gasteiger charge is 2.46. The standard InChI is InChI=1S/C17H25N5O3/c1-21-11-18-14(20-21)16(24)22-7-4-17(5-8-22)6-9-25-10-13(17)19-15(23)12-2-3-12/h11-13H,2-10H2,1H3,(H,19,23)/t13-/m1/s1. The van der Waals surface area contributed by atoms with Crippen LogP contribution in [0.25, 0.3) is 0 Å². The molecule has 1 aliphatic carbocycles. The van der Waals surface area contributed by atoms with E-state index in [0.717, 1.165) is 38.7 Å². The first kappa shape index (κ1) is 16.5. The second-order valence-corrected chi connectivity index (χ2v) is 7.56. The summed E-state index contributed by atoms with van der Waals surface area (Å²) in [4.78, 5) is 30.6. The third-order valence-electron chi connectivity index (χ3n) is 5.87. The molecule has 0 aromatic carbocycles. The van der Waals surface area contributed by atoms with Gasteiger partial charge in [0.05, 0.1) is 12.6 Å². The Morgan fingerprint density at radius 1 is 1.28 bits per heavy atom. The number of nitrogens with zero attached hydrogens (tertiary/aromatic N) is 4. The van der Waals surface area contributed by atoms with Crippen LogP contribution in [-0.4, -0.2) is 63.8 Å². The van der Waals surface area contributed by atoms with Gasteiger partial charge < -0.3 is 15.0 Å². The molecule has 1 N–H and O–H groups in total. The van der Waals surface area contributed by atoms with Crippen LogP contribution < -0.4 is 5.32 Å². The number of ether oxygens (including phenoxy) is 1. The predicted octanol–water partition coefficient (Wildman–Crippen LogP) is 0.353. The van der Waals surface area contributed by atoms with Crippen molar-refractivity contribution in [1.29, 1.82) is 0 Å². The molecule has 2 amide bonds. The number of hydrogen-bond donors (Lipinski definition) is 1. The van der Waals surface area contributed by atoms with Gasteiger partial charge in [0.15, 0.2) is 0 Å². The van der Waals surface area contributed by atoms with Crippen LogP contribution in [0.1, 0.15) is 42.7 Å². The van der Waals surface area contributed by atoms with E-state index in [4.69, 9.17) is 4.74 Å². The number of aromatic nitrogens is 3. The lowest BCUT2D eigenvalue weighted by Gasteiger charge is -2.49. The van der Waals surface area contributed by atoms with Crippen molar-refractivity contribution in [1.82, 2.24) is 25.0 Å². The summed E-state index contributed by atoms with van der Waals surface area (Å²) in [7, 11) is 1.75. The van der Waals surface area contributed by atoms with Gasteiger partial charge in [0, 0.05) is 32.7 Å². The first-order valence-electron chi connectivity index (χ1n) is 9.10. The minimum absolute atomic E-state index is 0.0388. The zero-order valence-electron chi connectivity index (χ0n) is 14.6. The Hall–Kier alpha value is -1.96. The third-order valence-corrected chi connectivity index (χ3v) is 5.87. The van der Waals surface area contributed by atoms with E-state index in [1.165, 1.54) is 0 Å². The number of nitrogens with one attached hydrogen (secondary N) is 1. The van der Waals surface area contributed by atoms with Crippen LogP contribution in [0.5, 0.6) is 0 Å². The molecule has 4 rings (SSSR count). The maximum Gasteiger partial charge on any atom is 0.293 e. The molecule has 1 aromatic rings. The summed E-state index contributed by atoms with van der Waals surface area (Å²) in [6.07, 6.45) is 6.25. The van der Waals surface area contributed by atoms with Crippen LogP contribution in [0.4, 0.5) is 0 Å². The Balaban J connectivity index is 1.41. The van der Waals surface area contributed by atoms with E-state index in [1.54, 1.807) is 18.1 Å². The van der Waals surface area contributed by atoms with E-state index in [9.17, 15) is 9.59 Å². The van der Waals surface area contributed by atoms with E-state index in [0.29, 0.717) is 19.7 Å². The number of carbonyl (C=O) groups excluding carboxylic acids is 2. The van der Waals surface area contributed by atoms with E-state index in [1.807, 2.05) is 4.90 Å². The largest absolute Gasteiger partial charge is 0.379 e. The minimum atomic E-state index is -0.110. The second-order valence-electron chi connectivity index (χ2n) is 7.56. The van der Waals surface area contributed by atoms with Crippen LogP contribution >= 0.6 is 0 Å². The fourth-order valence-corrected chi connectivity index (χ4v) is 3.99.